The van der Waals surface area contributed by atoms with Crippen molar-refractivity contribution in [1.82, 2.24) is 10.8 Å². The molecule has 0 aliphatic heterocycles. The van der Waals surface area contributed by atoms with Crippen LogP contribution in [0, 0.1) is 0 Å². The van der Waals surface area contributed by atoms with Crippen molar-refractivity contribution in [3.8, 4) is 0 Å². The Morgan fingerprint density at radius 1 is 1.60 bits per heavy atom. The van der Waals surface area contributed by atoms with Gasteiger partial charge in [0.25, 0.3) is 0 Å². The standard InChI is InChI=1S/C6H12N2O2/c1-2-6(9)7-4-3-5-8-10/h2,8,10H,1,3-5H2,(H,7,9). The van der Waals surface area contributed by atoms with E-state index in [1.807, 2.05) is 5.48 Å². The Labute approximate surface area is 59.9 Å². The maximum absolute atomic E-state index is 10.5. The zero-order valence-electron chi connectivity index (χ0n) is 5.76. The predicted octanol–water partition coefficient (Wildman–Crippen LogP) is -0.342. The highest BCUT2D eigenvalue weighted by Gasteiger charge is 1.90. The molecular formula is C6H12N2O2. The lowest BCUT2D eigenvalue weighted by atomic mass is 10.4. The summed E-state index contributed by atoms with van der Waals surface area (Å²) in [5, 5.41) is 10.7. The summed E-state index contributed by atoms with van der Waals surface area (Å²) in [5.74, 6) is -0.182. The SMILES string of the molecule is C=CC(=O)NCCCNO. The molecule has 0 radical (unpaired) electrons. The van der Waals surface area contributed by atoms with Crippen molar-refractivity contribution in [1.29, 1.82) is 0 Å². The van der Waals surface area contributed by atoms with Crippen molar-refractivity contribution in [2.75, 3.05) is 13.1 Å². The van der Waals surface area contributed by atoms with E-state index >= 15 is 0 Å². The third-order valence-electron chi connectivity index (χ3n) is 0.950. The van der Waals surface area contributed by atoms with Crippen LogP contribution in [-0.2, 0) is 4.79 Å². The zero-order valence-corrected chi connectivity index (χ0v) is 5.76. The lowest BCUT2D eigenvalue weighted by Gasteiger charge is -1.99. The molecule has 0 aliphatic rings. The molecule has 0 heterocycles. The first-order valence-corrected chi connectivity index (χ1v) is 3.08. The molecule has 4 nitrogen and oxygen atoms in total. The van der Waals surface area contributed by atoms with Crippen molar-refractivity contribution in [2.45, 2.75) is 6.42 Å². The quantitative estimate of drug-likeness (QED) is 0.281. The van der Waals surface area contributed by atoms with E-state index in [0.29, 0.717) is 19.5 Å². The van der Waals surface area contributed by atoms with Crippen molar-refractivity contribution in [2.24, 2.45) is 0 Å². The van der Waals surface area contributed by atoms with E-state index in [1.165, 1.54) is 6.08 Å². The van der Waals surface area contributed by atoms with Gasteiger partial charge in [0.2, 0.25) is 5.91 Å². The number of nitrogens with one attached hydrogen (secondary N) is 2. The molecule has 4 heteroatoms. The second-order valence-corrected chi connectivity index (χ2v) is 1.76. The van der Waals surface area contributed by atoms with Gasteiger partial charge in [0.05, 0.1) is 0 Å². The smallest absolute Gasteiger partial charge is 0.243 e. The molecule has 0 unspecified atom stereocenters. The molecule has 0 saturated heterocycles. The monoisotopic (exact) mass is 144 g/mol. The fraction of sp³-hybridized carbons (Fsp3) is 0.500. The van der Waals surface area contributed by atoms with E-state index in [1.54, 1.807) is 0 Å². The van der Waals surface area contributed by atoms with E-state index in [4.69, 9.17) is 5.21 Å². The molecule has 3 N–H and O–H groups in total. The first kappa shape index (κ1) is 9.13. The minimum absolute atomic E-state index is 0.182. The van der Waals surface area contributed by atoms with Gasteiger partial charge in [-0.3, -0.25) is 4.79 Å². The van der Waals surface area contributed by atoms with E-state index < -0.39 is 0 Å². The zero-order chi connectivity index (χ0) is 7.82. The molecule has 0 rings (SSSR count). The predicted molar refractivity (Wildman–Crippen MR) is 37.6 cm³/mol. The van der Waals surface area contributed by atoms with Crippen LogP contribution in [0.4, 0.5) is 0 Å². The second-order valence-electron chi connectivity index (χ2n) is 1.76. The summed E-state index contributed by atoms with van der Waals surface area (Å²) in [7, 11) is 0. The molecule has 1 amide bonds. The van der Waals surface area contributed by atoms with Gasteiger partial charge in [-0.05, 0) is 12.5 Å². The molecule has 0 atom stereocenters. The number of hydrogen-bond acceptors (Lipinski definition) is 3. The highest BCUT2D eigenvalue weighted by Crippen LogP contribution is 1.72. The van der Waals surface area contributed by atoms with Crippen LogP contribution in [0.15, 0.2) is 12.7 Å². The van der Waals surface area contributed by atoms with Gasteiger partial charge in [-0.1, -0.05) is 6.58 Å². The largest absolute Gasteiger partial charge is 0.353 e. The van der Waals surface area contributed by atoms with Crippen LogP contribution in [0.3, 0.4) is 0 Å². The lowest BCUT2D eigenvalue weighted by Crippen LogP contribution is -2.24. The third-order valence-corrected chi connectivity index (χ3v) is 0.950. The molecule has 0 bridgehead atoms. The maximum atomic E-state index is 10.5. The van der Waals surface area contributed by atoms with E-state index in [-0.39, 0.29) is 5.91 Å². The first-order chi connectivity index (χ1) is 4.81. The third kappa shape index (κ3) is 5.27. The van der Waals surface area contributed by atoms with Crippen LogP contribution in [0.1, 0.15) is 6.42 Å². The molecule has 0 spiro atoms. The second kappa shape index (κ2) is 6.25. The maximum Gasteiger partial charge on any atom is 0.243 e. The molecular weight excluding hydrogens is 132 g/mol. The number of hydroxylamine groups is 1. The molecule has 0 aromatic carbocycles. The normalized spacial score (nSPS) is 8.90. The fourth-order valence-corrected chi connectivity index (χ4v) is 0.451. The molecule has 58 valence electrons. The van der Waals surface area contributed by atoms with Gasteiger partial charge in [-0.15, -0.1) is 0 Å². The van der Waals surface area contributed by atoms with Gasteiger partial charge in [-0.25, -0.2) is 5.48 Å². The molecule has 0 fully saturated rings. The topological polar surface area (TPSA) is 61.4 Å². The van der Waals surface area contributed by atoms with Crippen LogP contribution in [0.2, 0.25) is 0 Å². The van der Waals surface area contributed by atoms with Crippen molar-refractivity contribution >= 4 is 5.91 Å². The Morgan fingerprint density at radius 2 is 2.30 bits per heavy atom. The summed E-state index contributed by atoms with van der Waals surface area (Å²) in [6.45, 7) is 4.32. The Morgan fingerprint density at radius 3 is 2.80 bits per heavy atom. The van der Waals surface area contributed by atoms with Crippen molar-refractivity contribution in [3.63, 3.8) is 0 Å². The van der Waals surface area contributed by atoms with Gasteiger partial charge >= 0.3 is 0 Å². The van der Waals surface area contributed by atoms with Gasteiger partial charge < -0.3 is 10.5 Å². The Bertz CT molecular complexity index is 114. The van der Waals surface area contributed by atoms with E-state index in [2.05, 4.69) is 11.9 Å². The van der Waals surface area contributed by atoms with E-state index in [9.17, 15) is 4.79 Å². The van der Waals surface area contributed by atoms with Crippen LogP contribution in [0.5, 0.6) is 0 Å². The average molecular weight is 144 g/mol. The number of rotatable bonds is 5. The van der Waals surface area contributed by atoms with Crippen molar-refractivity contribution < 1.29 is 10.0 Å². The Balaban J connectivity index is 3.03. The highest BCUT2D eigenvalue weighted by atomic mass is 16.5. The van der Waals surface area contributed by atoms with Gasteiger partial charge in [0, 0.05) is 13.1 Å². The van der Waals surface area contributed by atoms with Crippen LogP contribution < -0.4 is 10.8 Å². The molecule has 0 aliphatic carbocycles. The lowest BCUT2D eigenvalue weighted by molar-refractivity contribution is -0.116. The Hall–Kier alpha value is -0.870. The molecule has 0 saturated carbocycles. The summed E-state index contributed by atoms with van der Waals surface area (Å²) < 4.78 is 0. The number of amides is 1. The summed E-state index contributed by atoms with van der Waals surface area (Å²) in [5.41, 5.74) is 1.98. The fourth-order valence-electron chi connectivity index (χ4n) is 0.451. The minimum atomic E-state index is -0.182. The summed E-state index contributed by atoms with van der Waals surface area (Å²) in [6.07, 6.45) is 1.92. The van der Waals surface area contributed by atoms with Crippen LogP contribution in [-0.4, -0.2) is 24.2 Å². The highest BCUT2D eigenvalue weighted by molar-refractivity contribution is 5.86. The van der Waals surface area contributed by atoms with Crippen LogP contribution in [0.25, 0.3) is 0 Å². The molecule has 0 aromatic heterocycles. The number of carbonyl (C=O) groups is 1. The van der Waals surface area contributed by atoms with Crippen molar-refractivity contribution in [3.05, 3.63) is 12.7 Å². The van der Waals surface area contributed by atoms with Gasteiger partial charge in [-0.2, -0.15) is 0 Å². The minimum Gasteiger partial charge on any atom is -0.353 e. The van der Waals surface area contributed by atoms with Gasteiger partial charge in [0.1, 0.15) is 0 Å². The molecule has 10 heavy (non-hydrogen) atoms. The number of hydrogen-bond donors (Lipinski definition) is 3. The molecule has 0 aromatic rings. The Kier molecular flexibility index (Phi) is 5.71. The van der Waals surface area contributed by atoms with E-state index in [0.717, 1.165) is 0 Å². The van der Waals surface area contributed by atoms with Crippen LogP contribution >= 0.6 is 0 Å². The van der Waals surface area contributed by atoms with Gasteiger partial charge in [0.15, 0.2) is 0 Å². The first-order valence-electron chi connectivity index (χ1n) is 3.08. The number of carbonyl (C=O) groups excluding carboxylic acids is 1. The summed E-state index contributed by atoms with van der Waals surface area (Å²) in [4.78, 5) is 10.5. The summed E-state index contributed by atoms with van der Waals surface area (Å²) >= 11 is 0. The summed E-state index contributed by atoms with van der Waals surface area (Å²) in [6, 6.07) is 0. The average Bonchev–Trinajstić information content (AvgIpc) is 1.98.